The highest BCUT2D eigenvalue weighted by Gasteiger charge is 2.14. The molecule has 0 atom stereocenters. The summed E-state index contributed by atoms with van der Waals surface area (Å²) < 4.78 is 11.8. The number of fused-ring (bicyclic) bond motifs is 1. The van der Waals surface area contributed by atoms with E-state index < -0.39 is 0 Å². The summed E-state index contributed by atoms with van der Waals surface area (Å²) in [7, 11) is 1.49. The van der Waals surface area contributed by atoms with Crippen LogP contribution in [-0.4, -0.2) is 24.3 Å². The van der Waals surface area contributed by atoms with Crippen molar-refractivity contribution in [2.24, 2.45) is 0 Å². The van der Waals surface area contributed by atoms with Crippen LogP contribution < -0.4 is 10.2 Å². The molecule has 0 saturated heterocycles. The minimum Gasteiger partial charge on any atom is -0.495 e. The van der Waals surface area contributed by atoms with E-state index in [1.54, 1.807) is 23.6 Å². The van der Waals surface area contributed by atoms with Crippen molar-refractivity contribution in [1.29, 1.82) is 0 Å². The molecule has 6 heteroatoms. The first-order valence-corrected chi connectivity index (χ1v) is 6.47. The minimum absolute atomic E-state index is 0.0126. The Morgan fingerprint density at radius 1 is 1.35 bits per heavy atom. The number of hydrogen-bond acceptors (Lipinski definition) is 4. The summed E-state index contributed by atoms with van der Waals surface area (Å²) in [5.74, 6) is 0.0888. The molecule has 0 N–H and O–H groups in total. The van der Waals surface area contributed by atoms with E-state index in [0.29, 0.717) is 28.3 Å². The lowest BCUT2D eigenvalue weighted by atomic mass is 10.2. The van der Waals surface area contributed by atoms with Crippen molar-refractivity contribution < 1.29 is 14.3 Å². The average molecular weight is 296 g/mol. The third-order valence-corrected chi connectivity index (χ3v) is 3.17. The maximum Gasteiger partial charge on any atom is 0.325 e. The molecular formula is C14H14ClNO4. The fraction of sp³-hybridized carbons (Fsp3) is 0.286. The number of halogens is 1. The largest absolute Gasteiger partial charge is 0.495 e. The van der Waals surface area contributed by atoms with E-state index in [0.717, 1.165) is 0 Å². The second kappa shape index (κ2) is 5.96. The molecule has 0 amide bonds. The number of carbonyl (C=O) groups is 1. The van der Waals surface area contributed by atoms with Crippen LogP contribution in [0.4, 0.5) is 0 Å². The molecule has 1 aromatic heterocycles. The van der Waals surface area contributed by atoms with E-state index >= 15 is 0 Å². The summed E-state index contributed by atoms with van der Waals surface area (Å²) in [6.45, 7) is 2.02. The summed E-state index contributed by atoms with van der Waals surface area (Å²) in [5.41, 5.74) is 0.268. The molecule has 0 aliphatic heterocycles. The van der Waals surface area contributed by atoms with Gasteiger partial charge in [-0.25, -0.2) is 0 Å². The van der Waals surface area contributed by atoms with Crippen LogP contribution in [0.2, 0.25) is 5.02 Å². The summed E-state index contributed by atoms with van der Waals surface area (Å²) in [6, 6.07) is 4.62. The molecule has 0 bridgehead atoms. The molecule has 0 unspecified atom stereocenters. The van der Waals surface area contributed by atoms with E-state index in [9.17, 15) is 9.59 Å². The van der Waals surface area contributed by atoms with Gasteiger partial charge in [0.15, 0.2) is 5.43 Å². The van der Waals surface area contributed by atoms with Crippen molar-refractivity contribution in [3.63, 3.8) is 0 Å². The molecule has 0 aliphatic rings. The van der Waals surface area contributed by atoms with Gasteiger partial charge in [0, 0.05) is 12.3 Å². The summed E-state index contributed by atoms with van der Waals surface area (Å²) in [6.07, 6.45) is 1.53. The van der Waals surface area contributed by atoms with Crippen molar-refractivity contribution in [3.05, 3.63) is 39.6 Å². The Balaban J connectivity index is 2.66. The van der Waals surface area contributed by atoms with Crippen molar-refractivity contribution >= 4 is 28.5 Å². The van der Waals surface area contributed by atoms with Gasteiger partial charge in [-0.15, -0.1) is 0 Å². The van der Waals surface area contributed by atoms with Gasteiger partial charge in [0.1, 0.15) is 12.3 Å². The maximum atomic E-state index is 12.0. The van der Waals surface area contributed by atoms with Gasteiger partial charge in [0.05, 0.1) is 29.6 Å². The molecule has 0 saturated carbocycles. The predicted molar refractivity (Wildman–Crippen MR) is 76.4 cm³/mol. The number of aromatic nitrogens is 1. The van der Waals surface area contributed by atoms with Crippen molar-refractivity contribution in [1.82, 2.24) is 4.57 Å². The Bertz CT molecular complexity index is 708. The Kier molecular flexibility index (Phi) is 4.29. The fourth-order valence-corrected chi connectivity index (χ4v) is 2.27. The van der Waals surface area contributed by atoms with Gasteiger partial charge in [-0.1, -0.05) is 11.6 Å². The zero-order valence-corrected chi connectivity index (χ0v) is 11.9. The van der Waals surface area contributed by atoms with Crippen molar-refractivity contribution in [2.75, 3.05) is 13.7 Å². The lowest BCUT2D eigenvalue weighted by Gasteiger charge is -2.13. The highest BCUT2D eigenvalue weighted by Crippen LogP contribution is 2.29. The summed E-state index contributed by atoms with van der Waals surface area (Å²) in [4.78, 5) is 23.6. The van der Waals surface area contributed by atoms with Crippen LogP contribution in [0.1, 0.15) is 6.92 Å². The number of pyridine rings is 1. The second-order valence-electron chi connectivity index (χ2n) is 4.09. The van der Waals surface area contributed by atoms with E-state index in [1.807, 2.05) is 0 Å². The van der Waals surface area contributed by atoms with E-state index in [4.69, 9.17) is 21.1 Å². The van der Waals surface area contributed by atoms with Gasteiger partial charge in [0.25, 0.3) is 0 Å². The maximum absolute atomic E-state index is 12.0. The second-order valence-corrected chi connectivity index (χ2v) is 4.49. The molecule has 1 aromatic carbocycles. The molecule has 5 nitrogen and oxygen atoms in total. The monoisotopic (exact) mass is 295 g/mol. The number of rotatable bonds is 4. The average Bonchev–Trinajstić information content (AvgIpc) is 2.42. The first-order valence-electron chi connectivity index (χ1n) is 6.09. The number of hydrogen-bond donors (Lipinski definition) is 0. The Morgan fingerprint density at radius 3 is 2.75 bits per heavy atom. The van der Waals surface area contributed by atoms with Crippen LogP contribution in [0.25, 0.3) is 10.9 Å². The van der Waals surface area contributed by atoms with Crippen LogP contribution in [-0.2, 0) is 16.1 Å². The van der Waals surface area contributed by atoms with E-state index in [-0.39, 0.29) is 17.9 Å². The topological polar surface area (TPSA) is 57.5 Å². The quantitative estimate of drug-likeness (QED) is 0.812. The Hall–Kier alpha value is -2.01. The van der Waals surface area contributed by atoms with Gasteiger partial charge in [-0.05, 0) is 19.1 Å². The van der Waals surface area contributed by atoms with Crippen LogP contribution in [0, 0.1) is 0 Å². The standard InChI is InChI=1S/C14H14ClNO4/c1-3-20-12(18)8-16-7-6-10(17)13-9(15)4-5-11(19-2)14(13)16/h4-7H,3,8H2,1-2H3. The zero-order chi connectivity index (χ0) is 14.7. The number of benzene rings is 1. The molecule has 0 aliphatic carbocycles. The number of esters is 1. The van der Waals surface area contributed by atoms with Crippen LogP contribution in [0.3, 0.4) is 0 Å². The molecule has 0 radical (unpaired) electrons. The summed E-state index contributed by atoms with van der Waals surface area (Å²) in [5, 5.41) is 0.654. The van der Waals surface area contributed by atoms with Crippen LogP contribution >= 0.6 is 11.6 Å². The molecule has 0 fully saturated rings. The number of ether oxygens (including phenoxy) is 2. The number of nitrogens with zero attached hydrogens (tertiary/aromatic N) is 1. The third-order valence-electron chi connectivity index (χ3n) is 2.85. The molecular weight excluding hydrogens is 282 g/mol. The molecule has 2 aromatic rings. The number of carbonyl (C=O) groups excluding carboxylic acids is 1. The Morgan fingerprint density at radius 2 is 2.10 bits per heavy atom. The van der Waals surface area contributed by atoms with Crippen molar-refractivity contribution in [2.45, 2.75) is 13.5 Å². The van der Waals surface area contributed by atoms with E-state index in [1.165, 1.54) is 19.4 Å². The van der Waals surface area contributed by atoms with Gasteiger partial charge in [-0.3, -0.25) is 9.59 Å². The fourth-order valence-electron chi connectivity index (χ4n) is 2.02. The first kappa shape index (κ1) is 14.4. The lowest BCUT2D eigenvalue weighted by Crippen LogP contribution is -2.17. The highest BCUT2D eigenvalue weighted by atomic mass is 35.5. The molecule has 1 heterocycles. The number of methoxy groups -OCH3 is 1. The highest BCUT2D eigenvalue weighted by molar-refractivity contribution is 6.35. The van der Waals surface area contributed by atoms with Gasteiger partial charge in [-0.2, -0.15) is 0 Å². The van der Waals surface area contributed by atoms with Gasteiger partial charge >= 0.3 is 5.97 Å². The minimum atomic E-state index is -0.389. The molecule has 20 heavy (non-hydrogen) atoms. The zero-order valence-electron chi connectivity index (χ0n) is 11.2. The van der Waals surface area contributed by atoms with Crippen LogP contribution in [0.15, 0.2) is 29.2 Å². The SMILES string of the molecule is CCOC(=O)Cn1ccc(=O)c2c(Cl)ccc(OC)c21. The summed E-state index contributed by atoms with van der Waals surface area (Å²) >= 11 is 6.08. The first-order chi connectivity index (χ1) is 9.58. The van der Waals surface area contributed by atoms with Crippen molar-refractivity contribution in [3.8, 4) is 5.75 Å². The van der Waals surface area contributed by atoms with Gasteiger partial charge in [0.2, 0.25) is 0 Å². The smallest absolute Gasteiger partial charge is 0.325 e. The molecule has 2 rings (SSSR count). The molecule has 0 spiro atoms. The molecule has 106 valence electrons. The van der Waals surface area contributed by atoms with E-state index in [2.05, 4.69) is 0 Å². The van der Waals surface area contributed by atoms with Gasteiger partial charge < -0.3 is 14.0 Å². The predicted octanol–water partition coefficient (Wildman–Crippen LogP) is 2.23. The lowest BCUT2D eigenvalue weighted by molar-refractivity contribution is -0.143. The van der Waals surface area contributed by atoms with Crippen LogP contribution in [0.5, 0.6) is 5.75 Å². The Labute approximate surface area is 120 Å². The normalized spacial score (nSPS) is 10.6. The third kappa shape index (κ3) is 2.63.